The lowest BCUT2D eigenvalue weighted by Gasteiger charge is -2.09. The fourth-order valence-electron chi connectivity index (χ4n) is 1.95. The van der Waals surface area contributed by atoms with Gasteiger partial charge in [0.2, 0.25) is 0 Å². The van der Waals surface area contributed by atoms with Crippen LogP contribution in [0, 0.1) is 6.92 Å². The van der Waals surface area contributed by atoms with Crippen molar-refractivity contribution in [3.05, 3.63) is 35.8 Å². The van der Waals surface area contributed by atoms with Crippen LogP contribution in [-0.2, 0) is 0 Å². The third-order valence-corrected chi connectivity index (χ3v) is 2.91. The van der Waals surface area contributed by atoms with Crippen LogP contribution in [0.4, 0.5) is 0 Å². The first-order valence-electron chi connectivity index (χ1n) is 6.44. The second-order valence-corrected chi connectivity index (χ2v) is 4.98. The molecule has 19 heavy (non-hydrogen) atoms. The molecule has 0 aliphatic rings. The average molecular weight is 260 g/mol. The maximum absolute atomic E-state index is 12.0. The van der Waals surface area contributed by atoms with E-state index in [4.69, 9.17) is 0 Å². The van der Waals surface area contributed by atoms with Crippen LogP contribution in [0.3, 0.4) is 0 Å². The van der Waals surface area contributed by atoms with Crippen LogP contribution < -0.4 is 5.32 Å². The quantitative estimate of drug-likeness (QED) is 0.825. The van der Waals surface area contributed by atoms with E-state index in [0.29, 0.717) is 12.1 Å². The number of aromatic nitrogens is 2. The van der Waals surface area contributed by atoms with Crippen molar-refractivity contribution in [2.75, 3.05) is 27.2 Å². The molecule has 0 aliphatic heterocycles. The predicted octanol–water partition coefficient (Wildman–Crippen LogP) is 1.32. The highest BCUT2D eigenvalue weighted by atomic mass is 16.1. The normalized spacial score (nSPS) is 11.2. The maximum atomic E-state index is 12.0. The molecule has 2 rings (SSSR count). The number of fused-ring (bicyclic) bond motifs is 1. The molecule has 5 heteroatoms. The molecule has 0 unspecified atom stereocenters. The summed E-state index contributed by atoms with van der Waals surface area (Å²) in [6, 6.07) is 3.63. The van der Waals surface area contributed by atoms with E-state index >= 15 is 0 Å². The molecule has 2 heterocycles. The summed E-state index contributed by atoms with van der Waals surface area (Å²) in [5, 5.41) is 2.92. The van der Waals surface area contributed by atoms with Crippen molar-refractivity contribution < 1.29 is 4.79 Å². The van der Waals surface area contributed by atoms with Gasteiger partial charge in [-0.3, -0.25) is 4.79 Å². The van der Waals surface area contributed by atoms with Crippen molar-refractivity contribution in [3.63, 3.8) is 0 Å². The summed E-state index contributed by atoms with van der Waals surface area (Å²) in [4.78, 5) is 18.4. The summed E-state index contributed by atoms with van der Waals surface area (Å²) in [5.41, 5.74) is 2.41. The molecule has 2 aromatic rings. The lowest BCUT2D eigenvalue weighted by Crippen LogP contribution is -2.27. The summed E-state index contributed by atoms with van der Waals surface area (Å²) in [6.45, 7) is 3.60. The minimum absolute atomic E-state index is 0.0399. The molecule has 5 nitrogen and oxygen atoms in total. The first kappa shape index (κ1) is 13.5. The zero-order valence-corrected chi connectivity index (χ0v) is 11.7. The molecule has 102 valence electrons. The lowest BCUT2D eigenvalue weighted by atomic mass is 10.2. The fraction of sp³-hybridized carbons (Fsp3) is 0.429. The van der Waals surface area contributed by atoms with Gasteiger partial charge in [-0.1, -0.05) is 0 Å². The smallest absolute Gasteiger partial charge is 0.251 e. The molecule has 1 N–H and O–H groups in total. The molecule has 0 atom stereocenters. The lowest BCUT2D eigenvalue weighted by molar-refractivity contribution is 0.0952. The van der Waals surface area contributed by atoms with E-state index in [-0.39, 0.29) is 5.91 Å². The second-order valence-electron chi connectivity index (χ2n) is 4.98. The number of carbonyl (C=O) groups excluding carboxylic acids is 1. The minimum atomic E-state index is -0.0399. The Labute approximate surface area is 113 Å². The van der Waals surface area contributed by atoms with E-state index in [1.54, 1.807) is 0 Å². The van der Waals surface area contributed by atoms with Crippen LogP contribution in [-0.4, -0.2) is 47.4 Å². The number of amides is 1. The highest BCUT2D eigenvalue weighted by Crippen LogP contribution is 2.07. The molecule has 0 bridgehead atoms. The predicted molar refractivity (Wildman–Crippen MR) is 75.4 cm³/mol. The maximum Gasteiger partial charge on any atom is 0.251 e. The molecule has 1 amide bonds. The molecule has 0 saturated heterocycles. The Morgan fingerprint density at radius 2 is 2.26 bits per heavy atom. The van der Waals surface area contributed by atoms with Crippen LogP contribution in [0.1, 0.15) is 22.5 Å². The Bertz CT molecular complexity index is 574. The summed E-state index contributed by atoms with van der Waals surface area (Å²) >= 11 is 0. The van der Waals surface area contributed by atoms with Gasteiger partial charge in [-0.05, 0) is 46.1 Å². The van der Waals surface area contributed by atoms with Gasteiger partial charge in [-0.25, -0.2) is 4.98 Å². The van der Waals surface area contributed by atoms with E-state index < -0.39 is 0 Å². The number of hydrogen-bond donors (Lipinski definition) is 1. The fourth-order valence-corrected chi connectivity index (χ4v) is 1.95. The number of hydrogen-bond acceptors (Lipinski definition) is 3. The van der Waals surface area contributed by atoms with Gasteiger partial charge >= 0.3 is 0 Å². The molecule has 0 aromatic carbocycles. The number of aryl methyl sites for hydroxylation is 1. The van der Waals surface area contributed by atoms with Crippen LogP contribution >= 0.6 is 0 Å². The van der Waals surface area contributed by atoms with Gasteiger partial charge in [-0.2, -0.15) is 0 Å². The van der Waals surface area contributed by atoms with E-state index in [0.717, 1.165) is 24.3 Å². The number of imidazole rings is 1. The summed E-state index contributed by atoms with van der Waals surface area (Å²) in [6.07, 6.45) is 4.75. The van der Waals surface area contributed by atoms with Crippen LogP contribution in [0.2, 0.25) is 0 Å². The molecule has 0 fully saturated rings. The van der Waals surface area contributed by atoms with Crippen molar-refractivity contribution in [1.29, 1.82) is 0 Å². The largest absolute Gasteiger partial charge is 0.352 e. The summed E-state index contributed by atoms with van der Waals surface area (Å²) in [7, 11) is 4.05. The van der Waals surface area contributed by atoms with Crippen molar-refractivity contribution in [3.8, 4) is 0 Å². The zero-order chi connectivity index (χ0) is 13.8. The van der Waals surface area contributed by atoms with Gasteiger partial charge in [0, 0.05) is 24.5 Å². The Kier molecular flexibility index (Phi) is 4.16. The number of pyridine rings is 1. The van der Waals surface area contributed by atoms with E-state index in [2.05, 4.69) is 15.2 Å². The molecule has 0 saturated carbocycles. The van der Waals surface area contributed by atoms with E-state index in [9.17, 15) is 4.79 Å². The van der Waals surface area contributed by atoms with Crippen molar-refractivity contribution in [1.82, 2.24) is 19.6 Å². The second kappa shape index (κ2) is 5.84. The van der Waals surface area contributed by atoms with E-state index in [1.165, 1.54) is 0 Å². The minimum Gasteiger partial charge on any atom is -0.352 e. The number of rotatable bonds is 5. The van der Waals surface area contributed by atoms with Crippen molar-refractivity contribution >= 4 is 11.6 Å². The Hall–Kier alpha value is -1.88. The Morgan fingerprint density at radius 1 is 1.47 bits per heavy atom. The van der Waals surface area contributed by atoms with Gasteiger partial charge < -0.3 is 14.6 Å². The van der Waals surface area contributed by atoms with Crippen LogP contribution in [0.5, 0.6) is 0 Å². The standard InChI is InChI=1S/C14H20N4O/c1-11-10-18-8-5-12(9-13(18)16-11)14(19)15-6-4-7-17(2)3/h5,8-10H,4,6-7H2,1-3H3,(H,15,19). The number of carbonyl (C=O) groups is 1. The topological polar surface area (TPSA) is 49.6 Å². The SMILES string of the molecule is Cc1cn2ccc(C(=O)NCCCN(C)C)cc2n1. The molecule has 0 spiro atoms. The van der Waals surface area contributed by atoms with Gasteiger partial charge in [0.25, 0.3) is 5.91 Å². The first-order valence-corrected chi connectivity index (χ1v) is 6.44. The van der Waals surface area contributed by atoms with Gasteiger partial charge in [0.15, 0.2) is 0 Å². The van der Waals surface area contributed by atoms with Gasteiger partial charge in [0.05, 0.1) is 5.69 Å². The van der Waals surface area contributed by atoms with Gasteiger partial charge in [0.1, 0.15) is 5.65 Å². The van der Waals surface area contributed by atoms with Crippen LogP contribution in [0.25, 0.3) is 5.65 Å². The van der Waals surface area contributed by atoms with Crippen molar-refractivity contribution in [2.24, 2.45) is 0 Å². The van der Waals surface area contributed by atoms with Crippen LogP contribution in [0.15, 0.2) is 24.5 Å². The monoisotopic (exact) mass is 260 g/mol. The third kappa shape index (κ3) is 3.54. The third-order valence-electron chi connectivity index (χ3n) is 2.91. The molecule has 0 radical (unpaired) electrons. The average Bonchev–Trinajstić information content (AvgIpc) is 2.73. The summed E-state index contributed by atoms with van der Waals surface area (Å²) < 4.78 is 1.91. The zero-order valence-electron chi connectivity index (χ0n) is 11.7. The Morgan fingerprint density at radius 3 is 3.00 bits per heavy atom. The number of nitrogens with one attached hydrogen (secondary N) is 1. The molecular formula is C14H20N4O. The first-order chi connectivity index (χ1) is 9.06. The molecule has 2 aromatic heterocycles. The van der Waals surface area contributed by atoms with Crippen molar-refractivity contribution in [2.45, 2.75) is 13.3 Å². The summed E-state index contributed by atoms with van der Waals surface area (Å²) in [5.74, 6) is -0.0399. The number of nitrogens with zero attached hydrogens (tertiary/aromatic N) is 3. The van der Waals surface area contributed by atoms with Gasteiger partial charge in [-0.15, -0.1) is 0 Å². The highest BCUT2D eigenvalue weighted by molar-refractivity contribution is 5.94. The Balaban J connectivity index is 1.97. The molecule has 0 aliphatic carbocycles. The van der Waals surface area contributed by atoms with E-state index in [1.807, 2.05) is 49.9 Å². The highest BCUT2D eigenvalue weighted by Gasteiger charge is 2.07. The molecular weight excluding hydrogens is 240 g/mol.